The lowest BCUT2D eigenvalue weighted by molar-refractivity contribution is -0.121. The zero-order chi connectivity index (χ0) is 15.5. The van der Waals surface area contributed by atoms with Crippen LogP contribution in [0.4, 0.5) is 5.69 Å². The van der Waals surface area contributed by atoms with Crippen molar-refractivity contribution in [2.75, 3.05) is 5.32 Å². The Hall–Kier alpha value is -1.00. The van der Waals surface area contributed by atoms with E-state index in [-0.39, 0.29) is 5.91 Å². The van der Waals surface area contributed by atoms with Crippen LogP contribution in [0.3, 0.4) is 0 Å². The Labute approximate surface area is 132 Å². The molecule has 1 fully saturated rings. The van der Waals surface area contributed by atoms with Crippen molar-refractivity contribution in [3.63, 3.8) is 0 Å². The van der Waals surface area contributed by atoms with Crippen molar-refractivity contribution in [1.82, 2.24) is 0 Å². The van der Waals surface area contributed by atoms with Gasteiger partial charge in [0.1, 0.15) is 0 Å². The molecule has 1 aliphatic rings. The third-order valence-corrected chi connectivity index (χ3v) is 5.36. The zero-order valence-corrected chi connectivity index (χ0v) is 14.1. The molecule has 0 unspecified atom stereocenters. The Balaban J connectivity index is 2.09. The fourth-order valence-electron chi connectivity index (χ4n) is 2.71. The van der Waals surface area contributed by atoms with Crippen LogP contribution in [0.1, 0.15) is 50.7 Å². The van der Waals surface area contributed by atoms with Gasteiger partial charge in [0.25, 0.3) is 0 Å². The summed E-state index contributed by atoms with van der Waals surface area (Å²) in [6.07, 6.45) is 3.68. The van der Waals surface area contributed by atoms with E-state index in [0.29, 0.717) is 5.25 Å². The summed E-state index contributed by atoms with van der Waals surface area (Å²) < 4.78 is 0. The van der Waals surface area contributed by atoms with Crippen LogP contribution in [0.15, 0.2) is 18.2 Å². The number of amides is 1. The summed E-state index contributed by atoms with van der Waals surface area (Å²) in [6.45, 7) is 6.47. The van der Waals surface area contributed by atoms with E-state index < -0.39 is 5.54 Å². The number of carbonyl (C=O) groups excluding carboxylic acids is 1. The predicted octanol–water partition coefficient (Wildman–Crippen LogP) is 3.85. The number of benzene rings is 1. The minimum Gasteiger partial charge on any atom is -0.324 e. The van der Waals surface area contributed by atoms with Gasteiger partial charge in [-0.25, -0.2) is 0 Å². The van der Waals surface area contributed by atoms with E-state index in [4.69, 9.17) is 5.73 Å². The maximum Gasteiger partial charge on any atom is 0.244 e. The topological polar surface area (TPSA) is 55.1 Å². The summed E-state index contributed by atoms with van der Waals surface area (Å²) >= 11 is 1.91. The first-order valence-corrected chi connectivity index (χ1v) is 8.78. The first-order chi connectivity index (χ1) is 9.92. The lowest BCUT2D eigenvalue weighted by atomic mass is 9.97. The summed E-state index contributed by atoms with van der Waals surface area (Å²) in [5.41, 5.74) is 8.89. The van der Waals surface area contributed by atoms with Crippen LogP contribution in [0, 0.1) is 6.92 Å². The highest BCUT2D eigenvalue weighted by molar-refractivity contribution is 7.99. The number of anilines is 1. The molecule has 0 atom stereocenters. The molecule has 116 valence electrons. The lowest BCUT2D eigenvalue weighted by Crippen LogP contribution is -2.48. The number of hydrogen-bond donors (Lipinski definition) is 2. The Morgan fingerprint density at radius 1 is 1.38 bits per heavy atom. The van der Waals surface area contributed by atoms with E-state index in [2.05, 4.69) is 32.2 Å². The Kier molecular flexibility index (Phi) is 5.33. The van der Waals surface area contributed by atoms with E-state index in [0.717, 1.165) is 42.7 Å². The summed E-state index contributed by atoms with van der Waals surface area (Å²) in [5, 5.41) is 3.65. The normalized spacial score (nSPS) is 17.2. The van der Waals surface area contributed by atoms with Crippen molar-refractivity contribution in [2.45, 2.75) is 63.0 Å². The molecule has 3 N–H and O–H groups in total. The fraction of sp³-hybridized carbons (Fsp3) is 0.588. The average Bonchev–Trinajstić information content (AvgIpc) is 2.88. The van der Waals surface area contributed by atoms with E-state index in [1.165, 1.54) is 5.56 Å². The Morgan fingerprint density at radius 3 is 2.67 bits per heavy atom. The highest BCUT2D eigenvalue weighted by atomic mass is 32.2. The van der Waals surface area contributed by atoms with Gasteiger partial charge in [-0.15, -0.1) is 0 Å². The van der Waals surface area contributed by atoms with Crippen molar-refractivity contribution in [1.29, 1.82) is 0 Å². The molecule has 0 aromatic heterocycles. The molecule has 1 amide bonds. The van der Waals surface area contributed by atoms with E-state index in [1.54, 1.807) is 0 Å². The van der Waals surface area contributed by atoms with Crippen LogP contribution in [-0.4, -0.2) is 16.7 Å². The number of hydrogen-bond acceptors (Lipinski definition) is 3. The van der Waals surface area contributed by atoms with Crippen molar-refractivity contribution in [3.05, 3.63) is 29.3 Å². The average molecular weight is 306 g/mol. The minimum atomic E-state index is -0.672. The molecule has 1 saturated carbocycles. The molecule has 1 aromatic rings. The molecule has 2 rings (SSSR count). The zero-order valence-electron chi connectivity index (χ0n) is 13.2. The minimum absolute atomic E-state index is 0.0308. The molecule has 0 saturated heterocycles. The van der Waals surface area contributed by atoms with Gasteiger partial charge in [-0.2, -0.15) is 11.8 Å². The van der Waals surface area contributed by atoms with Gasteiger partial charge in [0, 0.05) is 11.4 Å². The van der Waals surface area contributed by atoms with Gasteiger partial charge >= 0.3 is 0 Å². The highest BCUT2D eigenvalue weighted by Gasteiger charge is 2.37. The quantitative estimate of drug-likeness (QED) is 0.869. The van der Waals surface area contributed by atoms with Crippen LogP contribution >= 0.6 is 11.8 Å². The second kappa shape index (κ2) is 6.84. The molecular formula is C17H26N2OS. The molecule has 4 heteroatoms. The first kappa shape index (κ1) is 16.4. The third-order valence-electron chi connectivity index (χ3n) is 4.21. The third kappa shape index (κ3) is 4.01. The molecule has 0 heterocycles. The SMILES string of the molecule is Cc1c(CSC(C)C)cccc1NC(=O)C1(N)CCCC1. The van der Waals surface area contributed by atoms with Gasteiger partial charge in [-0.3, -0.25) is 4.79 Å². The first-order valence-electron chi connectivity index (χ1n) is 7.73. The maximum absolute atomic E-state index is 12.4. The smallest absolute Gasteiger partial charge is 0.244 e. The van der Waals surface area contributed by atoms with Crippen molar-refractivity contribution in [3.8, 4) is 0 Å². The summed E-state index contributed by atoms with van der Waals surface area (Å²) in [4.78, 5) is 12.4. The number of thioether (sulfide) groups is 1. The number of nitrogens with two attached hydrogens (primary N) is 1. The van der Waals surface area contributed by atoms with E-state index in [1.807, 2.05) is 23.9 Å². The molecule has 0 aliphatic heterocycles. The number of nitrogens with one attached hydrogen (secondary N) is 1. The lowest BCUT2D eigenvalue weighted by Gasteiger charge is -2.23. The van der Waals surface area contributed by atoms with E-state index >= 15 is 0 Å². The van der Waals surface area contributed by atoms with Gasteiger partial charge in [-0.05, 0) is 42.2 Å². The monoisotopic (exact) mass is 306 g/mol. The molecule has 3 nitrogen and oxygen atoms in total. The molecule has 21 heavy (non-hydrogen) atoms. The van der Waals surface area contributed by atoms with Crippen molar-refractivity contribution < 1.29 is 4.79 Å². The molecular weight excluding hydrogens is 280 g/mol. The summed E-state index contributed by atoms with van der Waals surface area (Å²) in [6, 6.07) is 6.11. The molecule has 0 radical (unpaired) electrons. The fourth-order valence-corrected chi connectivity index (χ4v) is 3.54. The summed E-state index contributed by atoms with van der Waals surface area (Å²) in [5.74, 6) is 0.942. The molecule has 1 aliphatic carbocycles. The van der Waals surface area contributed by atoms with Crippen molar-refractivity contribution >= 4 is 23.4 Å². The molecule has 1 aromatic carbocycles. The van der Waals surface area contributed by atoms with Gasteiger partial charge in [0.15, 0.2) is 0 Å². The van der Waals surface area contributed by atoms with Gasteiger partial charge < -0.3 is 11.1 Å². The Morgan fingerprint density at radius 2 is 2.05 bits per heavy atom. The largest absolute Gasteiger partial charge is 0.324 e. The van der Waals surface area contributed by atoms with Crippen LogP contribution < -0.4 is 11.1 Å². The number of carbonyl (C=O) groups is 1. The standard InChI is InChI=1S/C17H26N2OS/c1-12(2)21-11-14-7-6-8-15(13(14)3)19-16(20)17(18)9-4-5-10-17/h6-8,12H,4-5,9-11,18H2,1-3H3,(H,19,20). The van der Waals surface area contributed by atoms with Crippen LogP contribution in [0.5, 0.6) is 0 Å². The van der Waals surface area contributed by atoms with Crippen LogP contribution in [0.2, 0.25) is 0 Å². The number of rotatable bonds is 5. The maximum atomic E-state index is 12.4. The van der Waals surface area contributed by atoms with Gasteiger partial charge in [-0.1, -0.05) is 38.8 Å². The Bertz CT molecular complexity index is 508. The van der Waals surface area contributed by atoms with Crippen LogP contribution in [0.25, 0.3) is 0 Å². The summed E-state index contributed by atoms with van der Waals surface area (Å²) in [7, 11) is 0. The van der Waals surface area contributed by atoms with E-state index in [9.17, 15) is 4.79 Å². The van der Waals surface area contributed by atoms with Gasteiger partial charge in [0.2, 0.25) is 5.91 Å². The second-order valence-electron chi connectivity index (χ2n) is 6.27. The van der Waals surface area contributed by atoms with Crippen molar-refractivity contribution in [2.24, 2.45) is 5.73 Å². The molecule has 0 spiro atoms. The highest BCUT2D eigenvalue weighted by Crippen LogP contribution is 2.30. The second-order valence-corrected chi connectivity index (χ2v) is 7.83. The van der Waals surface area contributed by atoms with Crippen LogP contribution in [-0.2, 0) is 10.5 Å². The predicted molar refractivity (Wildman–Crippen MR) is 91.6 cm³/mol. The molecule has 0 bridgehead atoms. The van der Waals surface area contributed by atoms with Gasteiger partial charge in [0.05, 0.1) is 5.54 Å².